The number of carboxylic acids is 1. The second-order valence-corrected chi connectivity index (χ2v) is 7.81. The number of allylic oxidation sites excluding steroid dienone is 1. The summed E-state index contributed by atoms with van der Waals surface area (Å²) < 4.78 is 5.57. The van der Waals surface area contributed by atoms with Crippen molar-refractivity contribution in [1.29, 1.82) is 0 Å². The largest absolute Gasteiger partial charge is 0.481 e. The first-order chi connectivity index (χ1) is 13.6. The van der Waals surface area contributed by atoms with E-state index in [4.69, 9.17) is 4.74 Å². The average molecular weight is 375 g/mol. The van der Waals surface area contributed by atoms with Gasteiger partial charge in [0.1, 0.15) is 6.61 Å². The van der Waals surface area contributed by atoms with E-state index in [1.807, 2.05) is 36.4 Å². The molecule has 2 aromatic rings. The quantitative estimate of drug-likeness (QED) is 0.797. The van der Waals surface area contributed by atoms with Gasteiger partial charge >= 0.3 is 12.1 Å². The van der Waals surface area contributed by atoms with E-state index in [-0.39, 0.29) is 24.4 Å². The number of amides is 1. The van der Waals surface area contributed by atoms with Gasteiger partial charge in [-0.1, -0.05) is 60.7 Å². The van der Waals surface area contributed by atoms with E-state index in [2.05, 4.69) is 29.6 Å². The van der Waals surface area contributed by atoms with Crippen molar-refractivity contribution in [3.05, 3.63) is 71.8 Å². The summed E-state index contributed by atoms with van der Waals surface area (Å²) in [5.74, 6) is -1.36. The molecule has 2 bridgehead atoms. The smallest absolute Gasteiger partial charge is 0.407 e. The Bertz CT molecular complexity index is 937. The topological polar surface area (TPSA) is 75.6 Å². The van der Waals surface area contributed by atoms with Crippen LogP contribution in [-0.2, 0) is 9.53 Å². The maximum atomic E-state index is 12.5. The van der Waals surface area contributed by atoms with Crippen molar-refractivity contribution in [2.75, 3.05) is 6.61 Å². The van der Waals surface area contributed by atoms with Crippen LogP contribution in [0.3, 0.4) is 0 Å². The third-order valence-electron chi connectivity index (χ3n) is 6.37. The number of carboxylic acid groups (broad SMARTS) is 1. The first-order valence-electron chi connectivity index (χ1n) is 9.66. The van der Waals surface area contributed by atoms with Crippen LogP contribution < -0.4 is 5.32 Å². The fourth-order valence-corrected chi connectivity index (χ4v) is 5.13. The predicted molar refractivity (Wildman–Crippen MR) is 104 cm³/mol. The van der Waals surface area contributed by atoms with Crippen LogP contribution in [0.4, 0.5) is 4.79 Å². The molecule has 1 amide bonds. The third kappa shape index (κ3) is 2.61. The van der Waals surface area contributed by atoms with Crippen LogP contribution >= 0.6 is 0 Å². The van der Waals surface area contributed by atoms with Crippen LogP contribution in [0.2, 0.25) is 0 Å². The maximum absolute atomic E-state index is 12.5. The highest BCUT2D eigenvalue weighted by molar-refractivity contribution is 5.79. The second kappa shape index (κ2) is 6.51. The fourth-order valence-electron chi connectivity index (χ4n) is 5.13. The van der Waals surface area contributed by atoms with Gasteiger partial charge in [0.25, 0.3) is 0 Å². The van der Waals surface area contributed by atoms with Crippen LogP contribution in [0.25, 0.3) is 11.1 Å². The molecule has 2 aromatic carbocycles. The molecule has 5 nitrogen and oxygen atoms in total. The minimum atomic E-state index is -0.860. The highest BCUT2D eigenvalue weighted by Gasteiger charge is 2.49. The number of alkyl carbamates (subject to hydrolysis) is 1. The lowest BCUT2D eigenvalue weighted by molar-refractivity contribution is -0.143. The molecule has 3 aliphatic carbocycles. The van der Waals surface area contributed by atoms with Gasteiger partial charge < -0.3 is 15.2 Å². The van der Waals surface area contributed by atoms with Crippen LogP contribution in [0.5, 0.6) is 0 Å². The lowest BCUT2D eigenvalue weighted by atomic mass is 9.89. The van der Waals surface area contributed by atoms with E-state index in [1.165, 1.54) is 11.1 Å². The summed E-state index contributed by atoms with van der Waals surface area (Å²) in [6.07, 6.45) is 4.21. The number of hydrogen-bond acceptors (Lipinski definition) is 3. The lowest BCUT2D eigenvalue weighted by Crippen LogP contribution is -2.46. The van der Waals surface area contributed by atoms with E-state index in [9.17, 15) is 14.7 Å². The van der Waals surface area contributed by atoms with E-state index in [1.54, 1.807) is 0 Å². The van der Waals surface area contributed by atoms with Gasteiger partial charge in [-0.15, -0.1) is 0 Å². The van der Waals surface area contributed by atoms with Gasteiger partial charge in [-0.05, 0) is 40.5 Å². The molecule has 5 rings (SSSR count). The predicted octanol–water partition coefficient (Wildman–Crippen LogP) is 3.80. The molecule has 0 spiro atoms. The van der Waals surface area contributed by atoms with Gasteiger partial charge in [-0.2, -0.15) is 0 Å². The summed E-state index contributed by atoms with van der Waals surface area (Å²) in [5, 5.41) is 12.3. The zero-order chi connectivity index (χ0) is 19.3. The number of benzene rings is 2. The number of hydrogen-bond donors (Lipinski definition) is 2. The molecule has 0 saturated heterocycles. The molecule has 0 unspecified atom stereocenters. The molecule has 142 valence electrons. The summed E-state index contributed by atoms with van der Waals surface area (Å²) in [5.41, 5.74) is 4.66. The Hall–Kier alpha value is -3.08. The first kappa shape index (κ1) is 17.0. The zero-order valence-electron chi connectivity index (χ0n) is 15.2. The molecule has 5 heteroatoms. The van der Waals surface area contributed by atoms with Crippen LogP contribution in [0.1, 0.15) is 23.5 Å². The molecule has 0 aliphatic heterocycles. The Morgan fingerprint density at radius 3 is 2.21 bits per heavy atom. The SMILES string of the molecule is O=C(N[C@H]1[C@@H](C(=O)O)[C@H]2C=C[C@H]1C2)OCC1c2ccccc2-c2ccccc21. The Labute approximate surface area is 163 Å². The lowest BCUT2D eigenvalue weighted by Gasteiger charge is -2.25. The Kier molecular flexibility index (Phi) is 3.97. The molecule has 1 fully saturated rings. The molecule has 0 heterocycles. The summed E-state index contributed by atoms with van der Waals surface area (Å²) in [4.78, 5) is 24.1. The molecular formula is C23H21NO4. The Morgan fingerprint density at radius 2 is 1.57 bits per heavy atom. The van der Waals surface area contributed by atoms with E-state index >= 15 is 0 Å². The average Bonchev–Trinajstić information content (AvgIpc) is 3.38. The van der Waals surface area contributed by atoms with Crippen molar-refractivity contribution in [3.8, 4) is 11.1 Å². The Balaban J connectivity index is 1.30. The summed E-state index contributed by atoms with van der Waals surface area (Å²) >= 11 is 0. The number of aliphatic carboxylic acids is 1. The van der Waals surface area contributed by atoms with Crippen molar-refractivity contribution in [3.63, 3.8) is 0 Å². The molecule has 0 radical (unpaired) electrons. The minimum Gasteiger partial charge on any atom is -0.481 e. The van der Waals surface area contributed by atoms with Crippen molar-refractivity contribution < 1.29 is 19.4 Å². The van der Waals surface area contributed by atoms with Crippen molar-refractivity contribution in [1.82, 2.24) is 5.32 Å². The number of fused-ring (bicyclic) bond motifs is 5. The summed E-state index contributed by atoms with van der Waals surface area (Å²) in [6.45, 7) is 0.230. The highest BCUT2D eigenvalue weighted by Crippen LogP contribution is 2.45. The van der Waals surface area contributed by atoms with Gasteiger partial charge in [0.15, 0.2) is 0 Å². The van der Waals surface area contributed by atoms with Gasteiger partial charge in [-0.25, -0.2) is 4.79 Å². The van der Waals surface area contributed by atoms with Crippen molar-refractivity contribution in [2.45, 2.75) is 18.4 Å². The van der Waals surface area contributed by atoms with Gasteiger partial charge in [0.05, 0.1) is 12.0 Å². The molecule has 4 atom stereocenters. The van der Waals surface area contributed by atoms with Crippen molar-refractivity contribution in [2.24, 2.45) is 17.8 Å². The van der Waals surface area contributed by atoms with Gasteiger partial charge in [0.2, 0.25) is 0 Å². The molecular weight excluding hydrogens is 354 g/mol. The monoisotopic (exact) mass is 375 g/mol. The molecule has 2 N–H and O–H groups in total. The number of ether oxygens (including phenoxy) is 1. The molecule has 28 heavy (non-hydrogen) atoms. The number of nitrogens with one attached hydrogen (secondary N) is 1. The number of rotatable bonds is 4. The summed E-state index contributed by atoms with van der Waals surface area (Å²) in [7, 11) is 0. The first-order valence-corrected chi connectivity index (χ1v) is 9.66. The second-order valence-electron chi connectivity index (χ2n) is 7.81. The minimum absolute atomic E-state index is 0.00128. The van der Waals surface area contributed by atoms with Gasteiger partial charge in [0, 0.05) is 5.92 Å². The van der Waals surface area contributed by atoms with Gasteiger partial charge in [-0.3, -0.25) is 4.79 Å². The fraction of sp³-hybridized carbons (Fsp3) is 0.304. The zero-order valence-corrected chi connectivity index (χ0v) is 15.2. The van der Waals surface area contributed by atoms with Crippen LogP contribution in [0.15, 0.2) is 60.7 Å². The molecule has 0 aromatic heterocycles. The number of carbonyl (C=O) groups is 2. The highest BCUT2D eigenvalue weighted by atomic mass is 16.5. The molecule has 1 saturated carbocycles. The van der Waals surface area contributed by atoms with Crippen molar-refractivity contribution >= 4 is 12.1 Å². The van der Waals surface area contributed by atoms with Crippen LogP contribution in [-0.4, -0.2) is 29.8 Å². The third-order valence-corrected chi connectivity index (χ3v) is 6.37. The standard InChI is InChI=1S/C23H21NO4/c25-22(26)20-13-9-10-14(11-13)21(20)24-23(27)28-12-19-17-7-3-1-5-15(17)16-6-2-4-8-18(16)19/h1-10,13-14,19-21H,11-12H2,(H,24,27)(H,25,26)/t13-,14-,20-,21+/m0/s1. The normalized spacial score (nSPS) is 26.7. The maximum Gasteiger partial charge on any atom is 0.407 e. The van der Waals surface area contributed by atoms with Crippen LogP contribution in [0, 0.1) is 17.8 Å². The summed E-state index contributed by atoms with van der Waals surface area (Å²) in [6, 6.07) is 15.9. The number of carbonyl (C=O) groups excluding carboxylic acids is 1. The van der Waals surface area contributed by atoms with E-state index < -0.39 is 24.0 Å². The van der Waals surface area contributed by atoms with E-state index in [0.717, 1.165) is 17.5 Å². The Morgan fingerprint density at radius 1 is 0.964 bits per heavy atom. The molecule has 3 aliphatic rings. The van der Waals surface area contributed by atoms with E-state index in [0.29, 0.717) is 0 Å².